The maximum Gasteiger partial charge on any atom is 0.254 e. The van der Waals surface area contributed by atoms with Gasteiger partial charge in [-0.1, -0.05) is 12.1 Å². The van der Waals surface area contributed by atoms with Gasteiger partial charge in [0.05, 0.1) is 0 Å². The summed E-state index contributed by atoms with van der Waals surface area (Å²) in [6.07, 6.45) is 3.47. The van der Waals surface area contributed by atoms with Gasteiger partial charge in [-0.15, -0.1) is 11.6 Å². The predicted molar refractivity (Wildman–Crippen MR) is 70.3 cm³/mol. The molecule has 0 unspecified atom stereocenters. The molecule has 2 nitrogen and oxygen atoms in total. The van der Waals surface area contributed by atoms with E-state index in [1.807, 2.05) is 29.2 Å². The highest BCUT2D eigenvalue weighted by molar-refractivity contribution is 6.17. The molecule has 1 aromatic carbocycles. The molecule has 2 rings (SSSR count). The predicted octanol–water partition coefficient (Wildman–Crippen LogP) is 3.44. The van der Waals surface area contributed by atoms with Crippen molar-refractivity contribution < 1.29 is 4.79 Å². The largest absolute Gasteiger partial charge is 0.336 e. The zero-order valence-electron chi connectivity index (χ0n) is 10.2. The lowest BCUT2D eigenvalue weighted by molar-refractivity contribution is 0.0635. The SMILES string of the molecule is C[C@H]1CCCCN1C(=O)c1ccc(CCl)cc1. The molecule has 0 radical (unpaired) electrons. The van der Waals surface area contributed by atoms with E-state index >= 15 is 0 Å². The van der Waals surface area contributed by atoms with E-state index in [-0.39, 0.29) is 5.91 Å². The first kappa shape index (κ1) is 12.4. The first-order valence-electron chi connectivity index (χ1n) is 6.18. The van der Waals surface area contributed by atoms with Crippen molar-refractivity contribution >= 4 is 17.5 Å². The molecule has 1 saturated heterocycles. The van der Waals surface area contributed by atoms with Crippen LogP contribution in [0.4, 0.5) is 0 Å². The zero-order valence-corrected chi connectivity index (χ0v) is 10.9. The normalized spacial score (nSPS) is 20.4. The Kier molecular flexibility index (Phi) is 4.06. The molecule has 1 aliphatic heterocycles. The third kappa shape index (κ3) is 2.81. The second-order valence-electron chi connectivity index (χ2n) is 4.67. The number of benzene rings is 1. The minimum absolute atomic E-state index is 0.151. The van der Waals surface area contributed by atoms with Gasteiger partial charge in [-0.3, -0.25) is 4.79 Å². The van der Waals surface area contributed by atoms with E-state index in [9.17, 15) is 4.79 Å². The lowest BCUT2D eigenvalue weighted by atomic mass is 10.0. The van der Waals surface area contributed by atoms with Gasteiger partial charge in [0.1, 0.15) is 0 Å². The maximum atomic E-state index is 12.3. The molecule has 1 aromatic rings. The van der Waals surface area contributed by atoms with E-state index in [1.165, 1.54) is 6.42 Å². The molecule has 0 spiro atoms. The summed E-state index contributed by atoms with van der Waals surface area (Å²) in [5.41, 5.74) is 1.82. The van der Waals surface area contributed by atoms with Crippen molar-refractivity contribution in [1.82, 2.24) is 4.90 Å². The summed E-state index contributed by atoms with van der Waals surface area (Å²) in [6.45, 7) is 3.02. The third-order valence-corrected chi connectivity index (χ3v) is 3.73. The lowest BCUT2D eigenvalue weighted by Crippen LogP contribution is -2.42. The second-order valence-corrected chi connectivity index (χ2v) is 4.94. The first-order chi connectivity index (χ1) is 8.22. The van der Waals surface area contributed by atoms with Gasteiger partial charge in [-0.05, 0) is 43.9 Å². The van der Waals surface area contributed by atoms with E-state index in [0.29, 0.717) is 11.9 Å². The van der Waals surface area contributed by atoms with Gasteiger partial charge in [0, 0.05) is 24.0 Å². The summed E-state index contributed by atoms with van der Waals surface area (Å²) in [5.74, 6) is 0.646. The summed E-state index contributed by atoms with van der Waals surface area (Å²) < 4.78 is 0. The number of halogens is 1. The zero-order chi connectivity index (χ0) is 12.3. The van der Waals surface area contributed by atoms with E-state index in [0.717, 1.165) is 30.5 Å². The Morgan fingerprint density at radius 2 is 2.06 bits per heavy atom. The van der Waals surface area contributed by atoms with Crippen molar-refractivity contribution in [1.29, 1.82) is 0 Å². The Morgan fingerprint density at radius 1 is 1.35 bits per heavy atom. The molecular weight excluding hydrogens is 234 g/mol. The Labute approximate surface area is 108 Å². The highest BCUT2D eigenvalue weighted by Gasteiger charge is 2.23. The summed E-state index contributed by atoms with van der Waals surface area (Å²) in [6, 6.07) is 7.97. The molecule has 92 valence electrons. The van der Waals surface area contributed by atoms with Gasteiger partial charge >= 0.3 is 0 Å². The molecule has 1 aliphatic rings. The molecule has 1 atom stereocenters. The van der Waals surface area contributed by atoms with Crippen LogP contribution in [0.2, 0.25) is 0 Å². The quantitative estimate of drug-likeness (QED) is 0.738. The molecule has 1 amide bonds. The molecule has 17 heavy (non-hydrogen) atoms. The molecule has 0 aromatic heterocycles. The summed E-state index contributed by atoms with van der Waals surface area (Å²) in [4.78, 5) is 14.3. The van der Waals surface area contributed by atoms with Gasteiger partial charge in [0.2, 0.25) is 0 Å². The van der Waals surface area contributed by atoms with Crippen molar-refractivity contribution in [3.8, 4) is 0 Å². The minimum atomic E-state index is 0.151. The van der Waals surface area contributed by atoms with Crippen molar-refractivity contribution in [2.24, 2.45) is 0 Å². The molecule has 3 heteroatoms. The van der Waals surface area contributed by atoms with Gasteiger partial charge < -0.3 is 4.90 Å². The number of hydrogen-bond acceptors (Lipinski definition) is 1. The van der Waals surface area contributed by atoms with Gasteiger partial charge in [0.25, 0.3) is 5.91 Å². The van der Waals surface area contributed by atoms with Crippen LogP contribution in [0.25, 0.3) is 0 Å². The average molecular weight is 252 g/mol. The van der Waals surface area contributed by atoms with Crippen LogP contribution in [-0.4, -0.2) is 23.4 Å². The van der Waals surface area contributed by atoms with Crippen molar-refractivity contribution in [3.05, 3.63) is 35.4 Å². The van der Waals surface area contributed by atoms with E-state index in [1.54, 1.807) is 0 Å². The molecule has 1 heterocycles. The maximum absolute atomic E-state index is 12.3. The molecule has 0 bridgehead atoms. The number of rotatable bonds is 2. The van der Waals surface area contributed by atoms with Crippen LogP contribution < -0.4 is 0 Å². The molecule has 0 saturated carbocycles. The van der Waals surface area contributed by atoms with Gasteiger partial charge in [0.15, 0.2) is 0 Å². The Balaban J connectivity index is 2.12. The topological polar surface area (TPSA) is 20.3 Å². The smallest absolute Gasteiger partial charge is 0.254 e. The monoisotopic (exact) mass is 251 g/mol. The Hall–Kier alpha value is -1.02. The number of alkyl halides is 1. The summed E-state index contributed by atoms with van der Waals surface area (Å²) in [7, 11) is 0. The Morgan fingerprint density at radius 3 is 2.65 bits per heavy atom. The highest BCUT2D eigenvalue weighted by atomic mass is 35.5. The summed E-state index contributed by atoms with van der Waals surface area (Å²) in [5, 5.41) is 0. The molecule has 1 fully saturated rings. The van der Waals surface area contributed by atoms with Gasteiger partial charge in [-0.2, -0.15) is 0 Å². The van der Waals surface area contributed by atoms with Crippen molar-refractivity contribution in [3.63, 3.8) is 0 Å². The fraction of sp³-hybridized carbons (Fsp3) is 0.500. The van der Waals surface area contributed by atoms with Crippen LogP contribution >= 0.6 is 11.6 Å². The van der Waals surface area contributed by atoms with Gasteiger partial charge in [-0.25, -0.2) is 0 Å². The number of carbonyl (C=O) groups excluding carboxylic acids is 1. The van der Waals surface area contributed by atoms with Crippen molar-refractivity contribution in [2.45, 2.75) is 38.1 Å². The number of likely N-dealkylation sites (tertiary alicyclic amines) is 1. The highest BCUT2D eigenvalue weighted by Crippen LogP contribution is 2.19. The van der Waals surface area contributed by atoms with E-state index in [2.05, 4.69) is 6.92 Å². The van der Waals surface area contributed by atoms with Crippen LogP contribution in [0, 0.1) is 0 Å². The van der Waals surface area contributed by atoms with E-state index in [4.69, 9.17) is 11.6 Å². The van der Waals surface area contributed by atoms with Crippen LogP contribution in [0.3, 0.4) is 0 Å². The standard InChI is InChI=1S/C14H18ClNO/c1-11-4-2-3-9-16(11)14(17)13-7-5-12(10-15)6-8-13/h5-8,11H,2-4,9-10H2,1H3/t11-/m0/s1. The number of carbonyl (C=O) groups is 1. The van der Waals surface area contributed by atoms with E-state index < -0.39 is 0 Å². The minimum Gasteiger partial charge on any atom is -0.336 e. The number of amides is 1. The van der Waals surface area contributed by atoms with Crippen LogP contribution in [-0.2, 0) is 5.88 Å². The summed E-state index contributed by atoms with van der Waals surface area (Å²) >= 11 is 5.74. The van der Waals surface area contributed by atoms with Crippen molar-refractivity contribution in [2.75, 3.05) is 6.54 Å². The second kappa shape index (κ2) is 5.54. The fourth-order valence-electron chi connectivity index (χ4n) is 2.30. The van der Waals surface area contributed by atoms with Crippen LogP contribution in [0.1, 0.15) is 42.1 Å². The lowest BCUT2D eigenvalue weighted by Gasteiger charge is -2.33. The van der Waals surface area contributed by atoms with Crippen LogP contribution in [0.5, 0.6) is 0 Å². The molecule has 0 N–H and O–H groups in total. The molecule has 0 aliphatic carbocycles. The average Bonchev–Trinajstić information content (AvgIpc) is 2.39. The first-order valence-corrected chi connectivity index (χ1v) is 6.71. The number of nitrogens with zero attached hydrogens (tertiary/aromatic N) is 1. The Bertz CT molecular complexity index is 388. The third-order valence-electron chi connectivity index (χ3n) is 3.42. The van der Waals surface area contributed by atoms with Crippen LogP contribution in [0.15, 0.2) is 24.3 Å². The fourth-order valence-corrected chi connectivity index (χ4v) is 2.48. The number of piperidine rings is 1. The number of hydrogen-bond donors (Lipinski definition) is 0. The molecular formula is C14H18ClNO.